The fourth-order valence-electron chi connectivity index (χ4n) is 3.44. The van der Waals surface area contributed by atoms with Gasteiger partial charge in [-0.1, -0.05) is 11.6 Å². The molecule has 0 bridgehead atoms. The van der Waals surface area contributed by atoms with Crippen LogP contribution in [0.1, 0.15) is 35.3 Å². The number of halogens is 1. The van der Waals surface area contributed by atoms with Gasteiger partial charge in [0.1, 0.15) is 10.6 Å². The first-order valence-corrected chi connectivity index (χ1v) is 8.62. The molecule has 0 radical (unpaired) electrons. The van der Waals surface area contributed by atoms with Gasteiger partial charge in [0.25, 0.3) is 5.91 Å². The molecule has 0 unspecified atom stereocenters. The van der Waals surface area contributed by atoms with E-state index in [-0.39, 0.29) is 22.7 Å². The average molecular weight is 364 g/mol. The molecule has 2 saturated heterocycles. The fourth-order valence-corrected chi connectivity index (χ4v) is 3.69. The van der Waals surface area contributed by atoms with Crippen molar-refractivity contribution in [1.29, 1.82) is 0 Å². The van der Waals surface area contributed by atoms with Gasteiger partial charge in [0, 0.05) is 31.9 Å². The summed E-state index contributed by atoms with van der Waals surface area (Å²) in [4.78, 5) is 30.3. The predicted octanol–water partition coefficient (Wildman–Crippen LogP) is 1.80. The lowest BCUT2D eigenvalue weighted by Crippen LogP contribution is -2.36. The number of carbonyl (C=O) groups excluding carboxylic acids is 2. The summed E-state index contributed by atoms with van der Waals surface area (Å²) in [7, 11) is 0. The Balaban J connectivity index is 1.57. The second-order valence-electron chi connectivity index (χ2n) is 6.63. The number of nitrogens with one attached hydrogen (secondary N) is 1. The highest BCUT2D eigenvalue weighted by Gasteiger charge is 2.42. The molecule has 1 spiro atoms. The van der Waals surface area contributed by atoms with Crippen LogP contribution in [0.15, 0.2) is 12.4 Å². The number of aryl methyl sites for hydroxylation is 1. The van der Waals surface area contributed by atoms with Crippen LogP contribution in [0.5, 0.6) is 0 Å². The summed E-state index contributed by atoms with van der Waals surface area (Å²) in [6.45, 7) is 3.46. The third-order valence-electron chi connectivity index (χ3n) is 4.80. The van der Waals surface area contributed by atoms with Crippen LogP contribution in [0.4, 0.5) is 4.79 Å². The highest BCUT2D eigenvalue weighted by atomic mass is 35.5. The van der Waals surface area contributed by atoms with Crippen molar-refractivity contribution in [1.82, 2.24) is 24.8 Å². The molecule has 1 atom stereocenters. The normalized spacial score (nSPS) is 23.6. The number of nitrogens with zero attached hydrogens (tertiary/aromatic N) is 4. The summed E-state index contributed by atoms with van der Waals surface area (Å²) in [5.41, 5.74) is 1.10. The maximum atomic E-state index is 12.9. The fraction of sp³-hybridized carbons (Fsp3) is 0.500. The summed E-state index contributed by atoms with van der Waals surface area (Å²) >= 11 is 6.33. The van der Waals surface area contributed by atoms with Crippen LogP contribution in [0.25, 0.3) is 5.65 Å². The zero-order valence-corrected chi connectivity index (χ0v) is 14.5. The number of fused-ring (bicyclic) bond motifs is 1. The van der Waals surface area contributed by atoms with Gasteiger partial charge in [0.05, 0.1) is 6.54 Å². The van der Waals surface area contributed by atoms with Crippen LogP contribution < -0.4 is 5.32 Å². The van der Waals surface area contributed by atoms with E-state index >= 15 is 0 Å². The highest BCUT2D eigenvalue weighted by molar-refractivity contribution is 6.36. The van der Waals surface area contributed by atoms with Crippen LogP contribution in [0.3, 0.4) is 0 Å². The predicted molar refractivity (Wildman–Crippen MR) is 89.7 cm³/mol. The molecule has 2 aliphatic rings. The Morgan fingerprint density at radius 1 is 1.40 bits per heavy atom. The van der Waals surface area contributed by atoms with Gasteiger partial charge < -0.3 is 15.0 Å². The van der Waals surface area contributed by atoms with Gasteiger partial charge in [-0.05, 0) is 25.3 Å². The van der Waals surface area contributed by atoms with Gasteiger partial charge in [-0.25, -0.2) is 14.3 Å². The molecule has 2 fully saturated rings. The quantitative estimate of drug-likeness (QED) is 0.834. The Morgan fingerprint density at radius 3 is 3.00 bits per heavy atom. The zero-order chi connectivity index (χ0) is 17.6. The smallest absolute Gasteiger partial charge is 0.407 e. The molecule has 2 aromatic rings. The summed E-state index contributed by atoms with van der Waals surface area (Å²) in [6.07, 6.45) is 5.17. The third-order valence-corrected chi connectivity index (χ3v) is 5.15. The molecular weight excluding hydrogens is 346 g/mol. The Kier molecular flexibility index (Phi) is 3.79. The van der Waals surface area contributed by atoms with Crippen LogP contribution in [-0.2, 0) is 4.74 Å². The van der Waals surface area contributed by atoms with E-state index in [1.165, 1.54) is 4.52 Å². The van der Waals surface area contributed by atoms with E-state index in [4.69, 9.17) is 16.3 Å². The Bertz CT molecular complexity index is 867. The van der Waals surface area contributed by atoms with Crippen molar-refractivity contribution in [3.05, 3.63) is 28.7 Å². The van der Waals surface area contributed by atoms with E-state index in [1.54, 1.807) is 17.3 Å². The second kappa shape index (κ2) is 5.87. The number of aromatic nitrogens is 3. The summed E-state index contributed by atoms with van der Waals surface area (Å²) in [6, 6.07) is 0. The molecule has 2 aliphatic heterocycles. The first kappa shape index (κ1) is 16.1. The Morgan fingerprint density at radius 2 is 2.24 bits per heavy atom. The molecular formula is C16H18ClN5O3. The molecule has 8 nitrogen and oxygen atoms in total. The Labute approximate surface area is 149 Å². The minimum Gasteiger partial charge on any atom is -0.441 e. The molecule has 132 valence electrons. The largest absolute Gasteiger partial charge is 0.441 e. The molecule has 0 saturated carbocycles. The second-order valence-corrected chi connectivity index (χ2v) is 7.01. The minimum absolute atomic E-state index is 0.206. The summed E-state index contributed by atoms with van der Waals surface area (Å²) in [5.74, 6) is -0.220. The van der Waals surface area contributed by atoms with E-state index in [0.717, 1.165) is 18.4 Å². The SMILES string of the molecule is Cc1cnc2c(Cl)c(C(=O)N3CCC[C@@]4(CC3)CNC(=O)O4)nn2c1. The molecule has 2 aromatic heterocycles. The third kappa shape index (κ3) is 2.80. The van der Waals surface area contributed by atoms with E-state index in [1.807, 2.05) is 6.92 Å². The number of likely N-dealkylation sites (tertiary alicyclic amines) is 1. The lowest BCUT2D eigenvalue weighted by atomic mass is 9.95. The number of amides is 2. The lowest BCUT2D eigenvalue weighted by molar-refractivity contribution is 0.0438. The van der Waals surface area contributed by atoms with E-state index in [9.17, 15) is 9.59 Å². The van der Waals surface area contributed by atoms with Crippen molar-refractivity contribution in [2.75, 3.05) is 19.6 Å². The first-order valence-electron chi connectivity index (χ1n) is 8.24. The van der Waals surface area contributed by atoms with Crippen LogP contribution in [-0.4, -0.2) is 56.7 Å². The monoisotopic (exact) mass is 363 g/mol. The number of alkyl carbamates (subject to hydrolysis) is 1. The van der Waals surface area contributed by atoms with Gasteiger partial charge in [-0.15, -0.1) is 0 Å². The van der Waals surface area contributed by atoms with Crippen molar-refractivity contribution in [3.63, 3.8) is 0 Å². The number of ether oxygens (including phenoxy) is 1. The summed E-state index contributed by atoms with van der Waals surface area (Å²) < 4.78 is 6.98. The van der Waals surface area contributed by atoms with Crippen molar-refractivity contribution in [2.45, 2.75) is 31.8 Å². The van der Waals surface area contributed by atoms with Gasteiger partial charge >= 0.3 is 6.09 Å². The highest BCUT2D eigenvalue weighted by Crippen LogP contribution is 2.30. The standard InChI is InChI=1S/C16H18ClN5O3/c1-10-7-18-13-11(17)12(20-22(13)8-10)14(23)21-5-2-3-16(4-6-21)9-19-15(24)25-16/h7-8H,2-6,9H2,1H3,(H,19,24)/t16-/m1/s1. The number of carbonyl (C=O) groups is 2. The van der Waals surface area contributed by atoms with Crippen molar-refractivity contribution < 1.29 is 14.3 Å². The zero-order valence-electron chi connectivity index (χ0n) is 13.8. The lowest BCUT2D eigenvalue weighted by Gasteiger charge is -2.24. The average Bonchev–Trinajstić information content (AvgIpc) is 3.02. The molecule has 2 amide bonds. The van der Waals surface area contributed by atoms with Crippen LogP contribution in [0.2, 0.25) is 5.02 Å². The molecule has 0 aliphatic carbocycles. The van der Waals surface area contributed by atoms with Gasteiger partial charge in [0.15, 0.2) is 11.3 Å². The number of hydrogen-bond acceptors (Lipinski definition) is 5. The molecule has 25 heavy (non-hydrogen) atoms. The van der Waals surface area contributed by atoms with Crippen molar-refractivity contribution in [2.24, 2.45) is 0 Å². The van der Waals surface area contributed by atoms with E-state index < -0.39 is 5.60 Å². The number of hydrogen-bond donors (Lipinski definition) is 1. The first-order chi connectivity index (χ1) is 12.0. The topological polar surface area (TPSA) is 88.8 Å². The molecule has 4 rings (SSSR count). The number of rotatable bonds is 1. The molecule has 0 aromatic carbocycles. The molecule has 1 N–H and O–H groups in total. The van der Waals surface area contributed by atoms with E-state index in [2.05, 4.69) is 15.4 Å². The van der Waals surface area contributed by atoms with Crippen molar-refractivity contribution in [3.8, 4) is 0 Å². The van der Waals surface area contributed by atoms with Gasteiger partial charge in [0.2, 0.25) is 0 Å². The molecule has 9 heteroatoms. The van der Waals surface area contributed by atoms with Gasteiger partial charge in [-0.2, -0.15) is 5.10 Å². The maximum absolute atomic E-state index is 12.9. The van der Waals surface area contributed by atoms with Crippen LogP contribution in [0, 0.1) is 6.92 Å². The Hall–Kier alpha value is -2.35. The van der Waals surface area contributed by atoms with Crippen LogP contribution >= 0.6 is 11.6 Å². The molecule has 4 heterocycles. The van der Waals surface area contributed by atoms with Crippen molar-refractivity contribution >= 4 is 29.2 Å². The minimum atomic E-state index is -0.506. The van der Waals surface area contributed by atoms with Gasteiger partial charge in [-0.3, -0.25) is 4.79 Å². The maximum Gasteiger partial charge on any atom is 0.407 e. The van der Waals surface area contributed by atoms with E-state index in [0.29, 0.717) is 31.7 Å². The summed E-state index contributed by atoms with van der Waals surface area (Å²) in [5, 5.41) is 7.28.